The van der Waals surface area contributed by atoms with Crippen LogP contribution in [0, 0.1) is 6.92 Å². The van der Waals surface area contributed by atoms with Crippen LogP contribution >= 0.6 is 11.8 Å². The number of benzene rings is 2. The number of anilines is 2. The summed E-state index contributed by atoms with van der Waals surface area (Å²) >= 11 is 1.44. The number of amides is 2. The number of carbonyl (C=O) groups excluding carboxylic acids is 2. The monoisotopic (exact) mass is 403 g/mol. The summed E-state index contributed by atoms with van der Waals surface area (Å²) in [6.45, 7) is 5.89. The van der Waals surface area contributed by atoms with Crippen LogP contribution in [0.15, 0.2) is 70.7 Å². The second-order valence-corrected chi connectivity index (χ2v) is 8.21. The number of hydrogen-bond donors (Lipinski definition) is 1. The van der Waals surface area contributed by atoms with Crippen LogP contribution in [0.5, 0.6) is 0 Å². The molecule has 1 aromatic heterocycles. The SMILES string of the molecule is Cc1ccccc1C(=O)Nc1ccc2c(c1)Sc1ncccc1C(=O)N2C(C)C. The topological polar surface area (TPSA) is 62.3 Å². The Morgan fingerprint density at radius 2 is 1.90 bits per heavy atom. The molecule has 3 aromatic rings. The summed E-state index contributed by atoms with van der Waals surface area (Å²) in [6, 6.07) is 16.7. The summed E-state index contributed by atoms with van der Waals surface area (Å²) in [5, 5.41) is 3.64. The second kappa shape index (κ2) is 7.72. The number of carbonyl (C=O) groups is 2. The number of nitrogens with one attached hydrogen (secondary N) is 1. The molecule has 5 nitrogen and oxygen atoms in total. The fourth-order valence-electron chi connectivity index (χ4n) is 3.39. The Kier molecular flexibility index (Phi) is 5.11. The summed E-state index contributed by atoms with van der Waals surface area (Å²) in [7, 11) is 0. The molecule has 0 radical (unpaired) electrons. The van der Waals surface area contributed by atoms with Crippen molar-refractivity contribution in [2.24, 2.45) is 0 Å². The lowest BCUT2D eigenvalue weighted by molar-refractivity contribution is 0.0975. The van der Waals surface area contributed by atoms with E-state index in [4.69, 9.17) is 0 Å². The van der Waals surface area contributed by atoms with Crippen LogP contribution in [-0.2, 0) is 0 Å². The van der Waals surface area contributed by atoms with E-state index < -0.39 is 0 Å². The normalized spacial score (nSPS) is 13.0. The maximum atomic E-state index is 13.1. The average Bonchev–Trinajstić information content (AvgIpc) is 2.82. The lowest BCUT2D eigenvalue weighted by atomic mass is 10.1. The van der Waals surface area contributed by atoms with Gasteiger partial charge in [0.05, 0.1) is 11.3 Å². The maximum Gasteiger partial charge on any atom is 0.261 e. The molecule has 0 bridgehead atoms. The average molecular weight is 404 g/mol. The molecule has 146 valence electrons. The van der Waals surface area contributed by atoms with Crippen LogP contribution in [0.2, 0.25) is 0 Å². The first-order valence-electron chi connectivity index (χ1n) is 9.43. The standard InChI is InChI=1S/C23H21N3O2S/c1-14(2)26-19-11-10-16(25-21(27)17-8-5-4-7-15(17)3)13-20(19)29-22-18(23(26)28)9-6-12-24-22/h4-14H,1-3H3,(H,25,27). The number of aromatic nitrogens is 1. The van der Waals surface area contributed by atoms with Crippen LogP contribution in [0.4, 0.5) is 11.4 Å². The fraction of sp³-hybridized carbons (Fsp3) is 0.174. The molecule has 4 rings (SSSR count). The molecule has 1 aliphatic heterocycles. The van der Waals surface area contributed by atoms with E-state index in [-0.39, 0.29) is 17.9 Å². The van der Waals surface area contributed by atoms with Gasteiger partial charge in [-0.3, -0.25) is 9.59 Å². The minimum Gasteiger partial charge on any atom is -0.322 e. The third kappa shape index (κ3) is 3.63. The van der Waals surface area contributed by atoms with E-state index in [2.05, 4.69) is 10.3 Å². The number of pyridine rings is 1. The maximum absolute atomic E-state index is 13.1. The Labute approximate surface area is 174 Å². The van der Waals surface area contributed by atoms with Crippen LogP contribution < -0.4 is 10.2 Å². The zero-order valence-electron chi connectivity index (χ0n) is 16.5. The van der Waals surface area contributed by atoms with Crippen molar-refractivity contribution in [1.29, 1.82) is 0 Å². The van der Waals surface area contributed by atoms with Crippen molar-refractivity contribution >= 4 is 35.0 Å². The fourth-order valence-corrected chi connectivity index (χ4v) is 4.43. The molecule has 1 N–H and O–H groups in total. The van der Waals surface area contributed by atoms with Gasteiger partial charge in [-0.05, 0) is 62.7 Å². The molecule has 0 saturated carbocycles. The first kappa shape index (κ1) is 19.2. The molecule has 2 aromatic carbocycles. The van der Waals surface area contributed by atoms with Gasteiger partial charge in [-0.2, -0.15) is 0 Å². The van der Waals surface area contributed by atoms with Gasteiger partial charge >= 0.3 is 0 Å². The Balaban J connectivity index is 1.73. The predicted molar refractivity (Wildman–Crippen MR) is 116 cm³/mol. The number of fused-ring (bicyclic) bond motifs is 2. The molecule has 0 unspecified atom stereocenters. The first-order chi connectivity index (χ1) is 14.0. The van der Waals surface area contributed by atoms with Gasteiger partial charge in [0.15, 0.2) is 0 Å². The second-order valence-electron chi connectivity index (χ2n) is 7.18. The van der Waals surface area contributed by atoms with Gasteiger partial charge in [0.1, 0.15) is 5.03 Å². The zero-order chi connectivity index (χ0) is 20.5. The molecule has 2 amide bonds. The van der Waals surface area contributed by atoms with Crippen LogP contribution in [0.25, 0.3) is 0 Å². The van der Waals surface area contributed by atoms with E-state index in [1.165, 1.54) is 11.8 Å². The van der Waals surface area contributed by atoms with Crippen LogP contribution in [-0.4, -0.2) is 22.8 Å². The van der Waals surface area contributed by atoms with Crippen molar-refractivity contribution < 1.29 is 9.59 Å². The molecule has 1 aliphatic rings. The number of rotatable bonds is 3. The van der Waals surface area contributed by atoms with Gasteiger partial charge in [0, 0.05) is 28.4 Å². The van der Waals surface area contributed by atoms with Crippen molar-refractivity contribution in [3.8, 4) is 0 Å². The Bertz CT molecular complexity index is 1110. The minimum absolute atomic E-state index is 0.0135. The summed E-state index contributed by atoms with van der Waals surface area (Å²) in [4.78, 5) is 32.9. The summed E-state index contributed by atoms with van der Waals surface area (Å²) in [6.07, 6.45) is 1.69. The highest BCUT2D eigenvalue weighted by Gasteiger charge is 2.30. The van der Waals surface area contributed by atoms with Gasteiger partial charge in [-0.25, -0.2) is 4.98 Å². The highest BCUT2D eigenvalue weighted by atomic mass is 32.2. The summed E-state index contributed by atoms with van der Waals surface area (Å²) < 4.78 is 0. The highest BCUT2D eigenvalue weighted by Crippen LogP contribution is 2.42. The van der Waals surface area contributed by atoms with Gasteiger partial charge in [0.2, 0.25) is 0 Å². The predicted octanol–water partition coefficient (Wildman–Crippen LogP) is 5.16. The van der Waals surface area contributed by atoms with Crippen LogP contribution in [0.1, 0.15) is 40.1 Å². The Hall–Kier alpha value is -3.12. The minimum atomic E-state index is -0.156. The quantitative estimate of drug-likeness (QED) is 0.656. The molecule has 6 heteroatoms. The lowest BCUT2D eigenvalue weighted by Gasteiger charge is -2.27. The third-order valence-electron chi connectivity index (χ3n) is 4.81. The van der Waals surface area contributed by atoms with Crippen LogP contribution in [0.3, 0.4) is 0 Å². The van der Waals surface area contributed by atoms with Crippen molar-refractivity contribution in [2.45, 2.75) is 36.7 Å². The van der Waals surface area contributed by atoms with Gasteiger partial charge in [0.25, 0.3) is 11.8 Å². The first-order valence-corrected chi connectivity index (χ1v) is 10.2. The van der Waals surface area contributed by atoms with E-state index in [0.717, 1.165) is 16.1 Å². The summed E-state index contributed by atoms with van der Waals surface area (Å²) in [5.41, 5.74) is 3.65. The van der Waals surface area contributed by atoms with E-state index in [9.17, 15) is 9.59 Å². The molecule has 0 atom stereocenters. The molecule has 2 heterocycles. The van der Waals surface area contributed by atoms with E-state index >= 15 is 0 Å². The van der Waals surface area contributed by atoms with E-state index in [1.54, 1.807) is 23.2 Å². The third-order valence-corrected chi connectivity index (χ3v) is 5.88. The molecule has 0 fully saturated rings. The number of nitrogens with zero attached hydrogens (tertiary/aromatic N) is 2. The smallest absolute Gasteiger partial charge is 0.261 e. The van der Waals surface area contributed by atoms with Crippen molar-refractivity contribution in [3.05, 3.63) is 77.5 Å². The van der Waals surface area contributed by atoms with E-state index in [0.29, 0.717) is 21.8 Å². The molecule has 29 heavy (non-hydrogen) atoms. The molecule has 0 spiro atoms. The Morgan fingerprint density at radius 1 is 1.10 bits per heavy atom. The van der Waals surface area contributed by atoms with Gasteiger partial charge in [-0.1, -0.05) is 30.0 Å². The lowest BCUT2D eigenvalue weighted by Crippen LogP contribution is -2.37. The zero-order valence-corrected chi connectivity index (χ0v) is 17.3. The van der Waals surface area contributed by atoms with Crippen molar-refractivity contribution in [1.82, 2.24) is 4.98 Å². The number of aryl methyl sites for hydroxylation is 1. The van der Waals surface area contributed by atoms with Crippen molar-refractivity contribution in [3.63, 3.8) is 0 Å². The summed E-state index contributed by atoms with van der Waals surface area (Å²) in [5.74, 6) is -0.219. The van der Waals surface area contributed by atoms with Crippen molar-refractivity contribution in [2.75, 3.05) is 10.2 Å². The highest BCUT2D eigenvalue weighted by molar-refractivity contribution is 7.99. The Morgan fingerprint density at radius 3 is 2.66 bits per heavy atom. The molecular formula is C23H21N3O2S. The van der Waals surface area contributed by atoms with Gasteiger partial charge in [-0.15, -0.1) is 0 Å². The van der Waals surface area contributed by atoms with E-state index in [1.807, 2.05) is 63.2 Å². The largest absolute Gasteiger partial charge is 0.322 e. The molecule has 0 saturated heterocycles. The number of hydrogen-bond acceptors (Lipinski definition) is 4. The van der Waals surface area contributed by atoms with Gasteiger partial charge < -0.3 is 10.2 Å². The molecule has 0 aliphatic carbocycles. The molecular weight excluding hydrogens is 382 g/mol.